The molecule has 2 rings (SSSR count). The number of hydrogen-bond donors (Lipinski definition) is 1. The molecule has 0 aliphatic rings. The molecule has 0 saturated carbocycles. The number of hydrogen-bond acceptors (Lipinski definition) is 5. The predicted molar refractivity (Wildman–Crippen MR) is 74.0 cm³/mol. The van der Waals surface area contributed by atoms with E-state index in [2.05, 4.69) is 14.9 Å². The smallest absolute Gasteiger partial charge is 0.278 e. The van der Waals surface area contributed by atoms with E-state index < -0.39 is 16.0 Å². The molecule has 1 aromatic carbocycles. The Morgan fingerprint density at radius 1 is 1.29 bits per heavy atom. The molecule has 0 aliphatic heterocycles. The van der Waals surface area contributed by atoms with Crippen LogP contribution >= 0.6 is 0 Å². The molecule has 0 amide bonds. The quantitative estimate of drug-likeness (QED) is 0.852. The Morgan fingerprint density at radius 3 is 2.67 bits per heavy atom. The molecule has 0 radical (unpaired) electrons. The van der Waals surface area contributed by atoms with E-state index in [1.807, 2.05) is 0 Å². The van der Waals surface area contributed by atoms with E-state index in [4.69, 9.17) is 4.42 Å². The molecular formula is C12H15FN4O3S. The molecule has 0 unspecified atom stereocenters. The summed E-state index contributed by atoms with van der Waals surface area (Å²) in [7, 11) is -0.643. The van der Waals surface area contributed by atoms with E-state index in [0.29, 0.717) is 0 Å². The largest absolute Gasteiger partial charge is 0.421 e. The second-order valence-corrected chi connectivity index (χ2v) is 6.38. The average molecular weight is 314 g/mol. The molecule has 0 fully saturated rings. The van der Waals surface area contributed by atoms with Crippen LogP contribution in [0.2, 0.25) is 0 Å². The van der Waals surface area contributed by atoms with Crippen molar-refractivity contribution in [3.63, 3.8) is 0 Å². The van der Waals surface area contributed by atoms with Crippen LogP contribution in [0.3, 0.4) is 0 Å². The molecule has 114 valence electrons. The number of aromatic nitrogens is 2. The fourth-order valence-corrected chi connectivity index (χ4v) is 2.13. The Kier molecular flexibility index (Phi) is 4.66. The molecule has 1 N–H and O–H groups in total. The van der Waals surface area contributed by atoms with Gasteiger partial charge in [0.15, 0.2) is 0 Å². The Hall–Kier alpha value is -1.84. The minimum absolute atomic E-state index is 0.0681. The Morgan fingerprint density at radius 2 is 2.00 bits per heavy atom. The SMILES string of the molecule is CN(C)S(=O)(=O)NCCc1nnc(-c2ccccc2F)o1. The van der Waals surface area contributed by atoms with Crippen LogP contribution in [0.4, 0.5) is 4.39 Å². The highest BCUT2D eigenvalue weighted by atomic mass is 32.2. The summed E-state index contributed by atoms with van der Waals surface area (Å²) in [6.45, 7) is 0.111. The van der Waals surface area contributed by atoms with Crippen LogP contribution in [0.15, 0.2) is 28.7 Å². The summed E-state index contributed by atoms with van der Waals surface area (Å²) in [6.07, 6.45) is 0.217. The molecular weight excluding hydrogens is 299 g/mol. The summed E-state index contributed by atoms with van der Waals surface area (Å²) in [5, 5.41) is 7.52. The first-order valence-corrected chi connectivity index (χ1v) is 7.58. The summed E-state index contributed by atoms with van der Waals surface area (Å²) < 4.78 is 45.3. The van der Waals surface area contributed by atoms with Crippen molar-refractivity contribution in [2.75, 3.05) is 20.6 Å². The van der Waals surface area contributed by atoms with Crippen LogP contribution in [-0.4, -0.2) is 43.6 Å². The molecule has 2 aromatic rings. The maximum Gasteiger partial charge on any atom is 0.278 e. The number of rotatable bonds is 6. The van der Waals surface area contributed by atoms with Crippen molar-refractivity contribution in [2.24, 2.45) is 0 Å². The van der Waals surface area contributed by atoms with E-state index in [9.17, 15) is 12.8 Å². The zero-order chi connectivity index (χ0) is 15.5. The van der Waals surface area contributed by atoms with Gasteiger partial charge in [0.25, 0.3) is 16.1 Å². The number of halogens is 1. The fraction of sp³-hybridized carbons (Fsp3) is 0.333. The minimum atomic E-state index is -3.49. The van der Waals surface area contributed by atoms with Crippen molar-refractivity contribution in [3.05, 3.63) is 36.0 Å². The number of nitrogens with zero attached hydrogens (tertiary/aromatic N) is 3. The van der Waals surface area contributed by atoms with Gasteiger partial charge in [-0.05, 0) is 12.1 Å². The normalized spacial score (nSPS) is 12.0. The van der Waals surface area contributed by atoms with Gasteiger partial charge in [0, 0.05) is 27.1 Å². The molecule has 1 heterocycles. The van der Waals surface area contributed by atoms with E-state index in [1.54, 1.807) is 12.1 Å². The molecule has 9 heteroatoms. The lowest BCUT2D eigenvalue weighted by Crippen LogP contribution is -2.36. The summed E-state index contributed by atoms with van der Waals surface area (Å²) >= 11 is 0. The second-order valence-electron chi connectivity index (χ2n) is 4.41. The summed E-state index contributed by atoms with van der Waals surface area (Å²) in [5.74, 6) is -0.158. The molecule has 0 aliphatic carbocycles. The van der Waals surface area contributed by atoms with Gasteiger partial charge in [-0.3, -0.25) is 0 Å². The second kappa shape index (κ2) is 6.29. The third-order valence-corrected chi connectivity index (χ3v) is 4.21. The number of nitrogens with one attached hydrogen (secondary N) is 1. The third-order valence-electron chi connectivity index (χ3n) is 2.68. The van der Waals surface area contributed by atoms with E-state index in [-0.39, 0.29) is 30.3 Å². The predicted octanol–water partition coefficient (Wildman–Crippen LogP) is 0.814. The molecule has 1 aromatic heterocycles. The lowest BCUT2D eigenvalue weighted by atomic mass is 10.2. The highest BCUT2D eigenvalue weighted by molar-refractivity contribution is 7.87. The third kappa shape index (κ3) is 3.84. The van der Waals surface area contributed by atoms with Crippen LogP contribution in [0.1, 0.15) is 5.89 Å². The van der Waals surface area contributed by atoms with Crippen molar-refractivity contribution in [1.82, 2.24) is 19.2 Å². The van der Waals surface area contributed by atoms with Gasteiger partial charge < -0.3 is 4.42 Å². The zero-order valence-corrected chi connectivity index (χ0v) is 12.4. The summed E-state index contributed by atoms with van der Waals surface area (Å²) in [6, 6.07) is 6.05. The topological polar surface area (TPSA) is 88.3 Å². The van der Waals surface area contributed by atoms with Gasteiger partial charge in [-0.25, -0.2) is 9.11 Å². The molecule has 0 spiro atoms. The average Bonchev–Trinajstić information content (AvgIpc) is 2.87. The van der Waals surface area contributed by atoms with Crippen molar-refractivity contribution in [1.29, 1.82) is 0 Å². The van der Waals surface area contributed by atoms with Crippen LogP contribution in [-0.2, 0) is 16.6 Å². The van der Waals surface area contributed by atoms with Gasteiger partial charge in [-0.2, -0.15) is 12.7 Å². The van der Waals surface area contributed by atoms with Crippen molar-refractivity contribution in [3.8, 4) is 11.5 Å². The first kappa shape index (κ1) is 15.5. The summed E-state index contributed by atoms with van der Waals surface area (Å²) in [5.41, 5.74) is 0.213. The Bertz CT molecular complexity index is 715. The van der Waals surface area contributed by atoms with Crippen LogP contribution in [0, 0.1) is 5.82 Å². The monoisotopic (exact) mass is 314 g/mol. The first-order valence-electron chi connectivity index (χ1n) is 6.14. The van der Waals surface area contributed by atoms with Gasteiger partial charge in [-0.15, -0.1) is 10.2 Å². The van der Waals surface area contributed by atoms with Gasteiger partial charge in [0.05, 0.1) is 5.56 Å². The maximum absolute atomic E-state index is 13.6. The van der Waals surface area contributed by atoms with Crippen LogP contribution in [0.5, 0.6) is 0 Å². The molecule has 21 heavy (non-hydrogen) atoms. The lowest BCUT2D eigenvalue weighted by Gasteiger charge is -2.11. The van der Waals surface area contributed by atoms with Crippen LogP contribution < -0.4 is 4.72 Å². The standard InChI is InChI=1S/C12H15FN4O3S/c1-17(2)21(18,19)14-8-7-11-15-16-12(20-11)9-5-3-4-6-10(9)13/h3-6,14H,7-8H2,1-2H3. The highest BCUT2D eigenvalue weighted by Gasteiger charge is 2.15. The molecule has 0 saturated heterocycles. The Labute approximate surface area is 122 Å². The minimum Gasteiger partial charge on any atom is -0.421 e. The van der Waals surface area contributed by atoms with Crippen molar-refractivity contribution in [2.45, 2.75) is 6.42 Å². The molecule has 7 nitrogen and oxygen atoms in total. The van der Waals surface area contributed by atoms with E-state index >= 15 is 0 Å². The fourth-order valence-electron chi connectivity index (χ4n) is 1.51. The van der Waals surface area contributed by atoms with E-state index in [1.165, 1.54) is 26.2 Å². The van der Waals surface area contributed by atoms with Gasteiger partial charge in [-0.1, -0.05) is 12.1 Å². The van der Waals surface area contributed by atoms with E-state index in [0.717, 1.165) is 4.31 Å². The summed E-state index contributed by atoms with van der Waals surface area (Å²) in [4.78, 5) is 0. The maximum atomic E-state index is 13.6. The van der Waals surface area contributed by atoms with Gasteiger partial charge in [0.1, 0.15) is 5.82 Å². The Balaban J connectivity index is 2.00. The van der Waals surface area contributed by atoms with Gasteiger partial charge >= 0.3 is 0 Å². The van der Waals surface area contributed by atoms with Crippen molar-refractivity contribution >= 4 is 10.2 Å². The molecule has 0 bridgehead atoms. The lowest BCUT2D eigenvalue weighted by molar-refractivity contribution is 0.486. The first-order chi connectivity index (χ1) is 9.90. The van der Waals surface area contributed by atoms with Gasteiger partial charge in [0.2, 0.25) is 5.89 Å². The molecule has 0 atom stereocenters. The highest BCUT2D eigenvalue weighted by Crippen LogP contribution is 2.20. The zero-order valence-electron chi connectivity index (χ0n) is 11.6. The van der Waals surface area contributed by atoms with Crippen molar-refractivity contribution < 1.29 is 17.2 Å². The van der Waals surface area contributed by atoms with Crippen LogP contribution in [0.25, 0.3) is 11.5 Å². The number of benzene rings is 1.